The van der Waals surface area contributed by atoms with Crippen molar-refractivity contribution in [3.05, 3.63) is 34.3 Å². The van der Waals surface area contributed by atoms with E-state index in [9.17, 15) is 4.79 Å². The zero-order valence-electron chi connectivity index (χ0n) is 11.1. The lowest BCUT2D eigenvalue weighted by Gasteiger charge is -2.08. The van der Waals surface area contributed by atoms with Crippen molar-refractivity contribution >= 4 is 28.8 Å². The fourth-order valence-corrected chi connectivity index (χ4v) is 2.39. The van der Waals surface area contributed by atoms with Crippen LogP contribution in [0.5, 0.6) is 0 Å². The molecule has 3 N–H and O–H groups in total. The fraction of sp³-hybridized carbons (Fsp3) is 0.308. The molecule has 1 aromatic heterocycles. The Kier molecular flexibility index (Phi) is 3.80. The zero-order chi connectivity index (χ0) is 14.0. The van der Waals surface area contributed by atoms with Crippen LogP contribution in [0.2, 0.25) is 0 Å². The third-order valence-corrected chi connectivity index (χ3v) is 3.53. The van der Waals surface area contributed by atoms with Gasteiger partial charge >= 0.3 is 0 Å². The van der Waals surface area contributed by atoms with Gasteiger partial charge in [-0.3, -0.25) is 4.79 Å². The molecule has 2 rings (SSSR count). The summed E-state index contributed by atoms with van der Waals surface area (Å²) >= 11 is 1.11. The Hall–Kier alpha value is -1.95. The van der Waals surface area contributed by atoms with Crippen molar-refractivity contribution in [2.75, 3.05) is 11.1 Å². The van der Waals surface area contributed by atoms with E-state index >= 15 is 0 Å². The highest BCUT2D eigenvalue weighted by atomic mass is 32.1. The van der Waals surface area contributed by atoms with Gasteiger partial charge in [0.15, 0.2) is 0 Å². The van der Waals surface area contributed by atoms with Crippen LogP contribution in [0, 0.1) is 6.92 Å². The van der Waals surface area contributed by atoms with Gasteiger partial charge in [0.25, 0.3) is 5.91 Å². The van der Waals surface area contributed by atoms with Crippen molar-refractivity contribution in [2.24, 2.45) is 0 Å². The second kappa shape index (κ2) is 5.36. The minimum atomic E-state index is -0.178. The fourth-order valence-electron chi connectivity index (χ4n) is 1.67. The molecule has 6 heteroatoms. The molecule has 19 heavy (non-hydrogen) atoms. The Morgan fingerprint density at radius 1 is 1.42 bits per heavy atom. The van der Waals surface area contributed by atoms with Crippen LogP contribution in [0.4, 0.5) is 11.4 Å². The van der Waals surface area contributed by atoms with Crippen molar-refractivity contribution in [1.82, 2.24) is 9.59 Å². The first kappa shape index (κ1) is 13.5. The highest BCUT2D eigenvalue weighted by molar-refractivity contribution is 7.08. The number of hydrogen-bond acceptors (Lipinski definition) is 5. The SMILES string of the molecule is Cc1cc(NC(=O)c2snnc2C(C)C)ccc1N. The van der Waals surface area contributed by atoms with Crippen molar-refractivity contribution in [2.45, 2.75) is 26.7 Å². The predicted octanol–water partition coefficient (Wildman–Crippen LogP) is 2.80. The third kappa shape index (κ3) is 2.90. The summed E-state index contributed by atoms with van der Waals surface area (Å²) in [7, 11) is 0. The standard InChI is InChI=1S/C13H16N4OS/c1-7(2)11-12(19-17-16-11)13(18)15-9-4-5-10(14)8(3)6-9/h4-7H,14H2,1-3H3,(H,15,18). The van der Waals surface area contributed by atoms with E-state index in [0.29, 0.717) is 10.6 Å². The number of carbonyl (C=O) groups is 1. The number of nitrogens with zero attached hydrogens (tertiary/aromatic N) is 2. The molecule has 0 radical (unpaired) electrons. The van der Waals surface area contributed by atoms with E-state index in [-0.39, 0.29) is 11.8 Å². The summed E-state index contributed by atoms with van der Waals surface area (Å²) in [6.07, 6.45) is 0. The molecular weight excluding hydrogens is 260 g/mol. The van der Waals surface area contributed by atoms with E-state index < -0.39 is 0 Å². The van der Waals surface area contributed by atoms with Crippen LogP contribution >= 0.6 is 11.5 Å². The minimum Gasteiger partial charge on any atom is -0.399 e. The number of aryl methyl sites for hydroxylation is 1. The maximum atomic E-state index is 12.2. The summed E-state index contributed by atoms with van der Waals surface area (Å²) in [6.45, 7) is 5.88. The van der Waals surface area contributed by atoms with Gasteiger partial charge < -0.3 is 11.1 Å². The number of carbonyl (C=O) groups excluding carboxylic acids is 1. The summed E-state index contributed by atoms with van der Waals surface area (Å²) in [6, 6.07) is 5.40. The monoisotopic (exact) mass is 276 g/mol. The van der Waals surface area contributed by atoms with Crippen LogP contribution in [-0.4, -0.2) is 15.5 Å². The normalized spacial score (nSPS) is 10.7. The van der Waals surface area contributed by atoms with E-state index in [1.165, 1.54) is 0 Å². The highest BCUT2D eigenvalue weighted by Crippen LogP contribution is 2.22. The molecule has 100 valence electrons. The van der Waals surface area contributed by atoms with Crippen LogP contribution in [0.25, 0.3) is 0 Å². The summed E-state index contributed by atoms with van der Waals surface area (Å²) in [4.78, 5) is 12.7. The molecule has 0 saturated carbocycles. The molecule has 0 fully saturated rings. The van der Waals surface area contributed by atoms with Crippen molar-refractivity contribution in [1.29, 1.82) is 0 Å². The molecule has 2 aromatic rings. The molecule has 1 heterocycles. The van der Waals surface area contributed by atoms with Gasteiger partial charge in [0.05, 0.1) is 5.69 Å². The predicted molar refractivity (Wildman–Crippen MR) is 77.5 cm³/mol. The molecule has 0 bridgehead atoms. The Balaban J connectivity index is 2.21. The minimum absolute atomic E-state index is 0.174. The van der Waals surface area contributed by atoms with E-state index in [2.05, 4.69) is 14.9 Å². The van der Waals surface area contributed by atoms with Gasteiger partial charge in [-0.2, -0.15) is 0 Å². The quantitative estimate of drug-likeness (QED) is 0.845. The number of anilines is 2. The van der Waals surface area contributed by atoms with Gasteiger partial charge in [0.1, 0.15) is 4.88 Å². The number of nitrogens with one attached hydrogen (secondary N) is 1. The van der Waals surface area contributed by atoms with Crippen LogP contribution in [0.3, 0.4) is 0 Å². The summed E-state index contributed by atoms with van der Waals surface area (Å²) in [5.74, 6) is -0.00414. The molecule has 0 unspecified atom stereocenters. The van der Waals surface area contributed by atoms with Gasteiger partial charge in [-0.15, -0.1) is 5.10 Å². The van der Waals surface area contributed by atoms with Crippen molar-refractivity contribution in [3.63, 3.8) is 0 Å². The molecule has 0 spiro atoms. The van der Waals surface area contributed by atoms with Crippen LogP contribution in [0.1, 0.15) is 40.7 Å². The Morgan fingerprint density at radius 3 is 2.79 bits per heavy atom. The Morgan fingerprint density at radius 2 is 2.16 bits per heavy atom. The van der Waals surface area contributed by atoms with Crippen LogP contribution < -0.4 is 11.1 Å². The number of hydrogen-bond donors (Lipinski definition) is 2. The van der Waals surface area contributed by atoms with E-state index in [1.807, 2.05) is 26.8 Å². The second-order valence-corrected chi connectivity index (χ2v) is 5.42. The Labute approximate surface area is 116 Å². The average molecular weight is 276 g/mol. The second-order valence-electron chi connectivity index (χ2n) is 4.67. The average Bonchev–Trinajstić information content (AvgIpc) is 2.83. The molecule has 0 aliphatic carbocycles. The zero-order valence-corrected chi connectivity index (χ0v) is 11.9. The summed E-state index contributed by atoms with van der Waals surface area (Å²) in [5, 5.41) is 6.84. The number of nitrogens with two attached hydrogens (primary N) is 1. The van der Waals surface area contributed by atoms with Gasteiger partial charge in [-0.25, -0.2) is 0 Å². The number of nitrogen functional groups attached to an aromatic ring is 1. The lowest BCUT2D eigenvalue weighted by molar-refractivity contribution is 0.102. The topological polar surface area (TPSA) is 80.9 Å². The first-order valence-electron chi connectivity index (χ1n) is 5.98. The maximum absolute atomic E-state index is 12.2. The van der Waals surface area contributed by atoms with Crippen molar-refractivity contribution in [3.8, 4) is 0 Å². The molecule has 1 amide bonds. The van der Waals surface area contributed by atoms with Gasteiger partial charge in [-0.05, 0) is 48.1 Å². The number of benzene rings is 1. The maximum Gasteiger partial charge on any atom is 0.269 e. The van der Waals surface area contributed by atoms with Gasteiger partial charge in [0, 0.05) is 11.4 Å². The first-order chi connectivity index (χ1) is 8.99. The van der Waals surface area contributed by atoms with Crippen LogP contribution in [-0.2, 0) is 0 Å². The summed E-state index contributed by atoms with van der Waals surface area (Å²) in [5.41, 5.74) is 8.84. The molecule has 5 nitrogen and oxygen atoms in total. The van der Waals surface area contributed by atoms with Crippen LogP contribution in [0.15, 0.2) is 18.2 Å². The molecule has 0 saturated heterocycles. The lowest BCUT2D eigenvalue weighted by atomic mass is 10.1. The molecule has 1 aromatic carbocycles. The first-order valence-corrected chi connectivity index (χ1v) is 6.76. The highest BCUT2D eigenvalue weighted by Gasteiger charge is 2.18. The number of aromatic nitrogens is 2. The van der Waals surface area contributed by atoms with Gasteiger partial charge in [0.2, 0.25) is 0 Å². The molecule has 0 atom stereocenters. The van der Waals surface area contributed by atoms with Crippen molar-refractivity contribution < 1.29 is 4.79 Å². The Bertz CT molecular complexity index is 606. The third-order valence-electron chi connectivity index (χ3n) is 2.79. The number of rotatable bonds is 3. The molecule has 0 aliphatic heterocycles. The smallest absolute Gasteiger partial charge is 0.269 e. The summed E-state index contributed by atoms with van der Waals surface area (Å²) < 4.78 is 3.85. The number of amides is 1. The molecule has 0 aliphatic rings. The van der Waals surface area contributed by atoms with E-state index in [4.69, 9.17) is 5.73 Å². The van der Waals surface area contributed by atoms with Gasteiger partial charge in [-0.1, -0.05) is 18.3 Å². The largest absolute Gasteiger partial charge is 0.399 e. The lowest BCUT2D eigenvalue weighted by Crippen LogP contribution is -2.13. The molecular formula is C13H16N4OS. The van der Waals surface area contributed by atoms with E-state index in [0.717, 1.165) is 28.5 Å². The van der Waals surface area contributed by atoms with E-state index in [1.54, 1.807) is 12.1 Å².